The molecule has 2 aromatic carbocycles. The number of piperidine rings is 1. The van der Waals surface area contributed by atoms with Crippen molar-refractivity contribution in [2.45, 2.75) is 32.7 Å². The molecule has 190 valence electrons. The number of nitrogens with zero attached hydrogens (tertiary/aromatic N) is 6. The van der Waals surface area contributed by atoms with Crippen LogP contribution in [-0.2, 0) is 7.05 Å². The van der Waals surface area contributed by atoms with E-state index in [1.165, 1.54) is 18.2 Å². The Morgan fingerprint density at radius 1 is 1.16 bits per heavy atom. The van der Waals surface area contributed by atoms with E-state index in [0.717, 1.165) is 23.9 Å². The fourth-order valence-electron chi connectivity index (χ4n) is 4.98. The first-order valence-corrected chi connectivity index (χ1v) is 12.1. The van der Waals surface area contributed by atoms with Crippen molar-refractivity contribution in [3.63, 3.8) is 0 Å². The van der Waals surface area contributed by atoms with Gasteiger partial charge in [0.2, 0.25) is 5.69 Å². The predicted molar refractivity (Wildman–Crippen MR) is 137 cm³/mol. The molecule has 0 radical (unpaired) electrons. The van der Waals surface area contributed by atoms with Crippen LogP contribution in [0.25, 0.3) is 32.8 Å². The zero-order valence-corrected chi connectivity index (χ0v) is 21.1. The summed E-state index contributed by atoms with van der Waals surface area (Å²) in [5.41, 5.74) is 2.39. The number of likely N-dealkylation sites (tertiary alicyclic amines) is 1. The molecule has 4 aromatic rings. The summed E-state index contributed by atoms with van der Waals surface area (Å²) in [7, 11) is 3.66. The van der Waals surface area contributed by atoms with Crippen LogP contribution >= 0.6 is 0 Å². The second-order valence-corrected chi connectivity index (χ2v) is 9.39. The van der Waals surface area contributed by atoms with Crippen LogP contribution in [0.5, 0.6) is 0 Å². The van der Waals surface area contributed by atoms with Gasteiger partial charge in [0.25, 0.3) is 5.91 Å². The van der Waals surface area contributed by atoms with Crippen LogP contribution in [0.3, 0.4) is 0 Å². The summed E-state index contributed by atoms with van der Waals surface area (Å²) < 4.78 is 33.4. The number of hydrogen-bond donors (Lipinski definition) is 1. The van der Waals surface area contributed by atoms with E-state index in [0.29, 0.717) is 29.9 Å². The van der Waals surface area contributed by atoms with E-state index < -0.39 is 11.6 Å². The number of hydrogen-bond acceptors (Lipinski definition) is 4. The summed E-state index contributed by atoms with van der Waals surface area (Å²) in [5, 5.41) is 8.35. The Kier molecular flexibility index (Phi) is 6.25. The van der Waals surface area contributed by atoms with E-state index in [1.54, 1.807) is 40.3 Å². The van der Waals surface area contributed by atoms with Crippen LogP contribution in [-0.4, -0.2) is 56.3 Å². The van der Waals surface area contributed by atoms with Gasteiger partial charge >= 0.3 is 0 Å². The van der Waals surface area contributed by atoms with Crippen LogP contribution in [0, 0.1) is 32.1 Å². The molecule has 1 saturated heterocycles. The SMILES string of the molecule is [C-]#[N+]c1ccc(-c2nc(C(=O)N3CCC[C@H](NC)C3)c(C)n2-c2cc3c(C)n(C)nc3cc2F)cc1F. The molecule has 1 amide bonds. The highest BCUT2D eigenvalue weighted by molar-refractivity contribution is 5.95. The lowest BCUT2D eigenvalue weighted by atomic mass is 10.1. The van der Waals surface area contributed by atoms with Gasteiger partial charge in [-0.15, -0.1) is 0 Å². The minimum Gasteiger partial charge on any atom is -0.336 e. The summed E-state index contributed by atoms with van der Waals surface area (Å²) in [4.78, 5) is 23.2. The number of aromatic nitrogens is 4. The van der Waals surface area contributed by atoms with Gasteiger partial charge in [0.1, 0.15) is 23.2 Å². The highest BCUT2D eigenvalue weighted by Crippen LogP contribution is 2.33. The fraction of sp³-hybridized carbons (Fsp3) is 0.333. The number of amides is 1. The molecule has 0 spiro atoms. The quantitative estimate of drug-likeness (QED) is 0.410. The number of imidazole rings is 1. The molecule has 1 fully saturated rings. The number of carbonyl (C=O) groups is 1. The second-order valence-electron chi connectivity index (χ2n) is 9.39. The maximum atomic E-state index is 15.6. The van der Waals surface area contributed by atoms with Crippen LogP contribution < -0.4 is 5.32 Å². The zero-order chi connectivity index (χ0) is 26.4. The van der Waals surface area contributed by atoms with Crippen molar-refractivity contribution in [3.05, 3.63) is 70.5 Å². The predicted octanol–water partition coefficient (Wildman–Crippen LogP) is 4.70. The number of halogens is 2. The lowest BCUT2D eigenvalue weighted by Crippen LogP contribution is -2.47. The van der Waals surface area contributed by atoms with Crippen molar-refractivity contribution in [2.75, 3.05) is 20.1 Å². The second kappa shape index (κ2) is 9.41. The molecule has 3 heterocycles. The van der Waals surface area contributed by atoms with Gasteiger partial charge in [-0.3, -0.25) is 14.0 Å². The third-order valence-electron chi connectivity index (χ3n) is 7.19. The van der Waals surface area contributed by atoms with Crippen LogP contribution in [0.1, 0.15) is 34.7 Å². The summed E-state index contributed by atoms with van der Waals surface area (Å²) in [6.45, 7) is 11.9. The third-order valence-corrected chi connectivity index (χ3v) is 7.19. The lowest BCUT2D eigenvalue weighted by molar-refractivity contribution is 0.0692. The topological polar surface area (TPSA) is 72.3 Å². The Morgan fingerprint density at radius 2 is 1.95 bits per heavy atom. The molecule has 8 nitrogen and oxygen atoms in total. The van der Waals surface area contributed by atoms with E-state index in [-0.39, 0.29) is 34.8 Å². The number of aryl methyl sites for hydroxylation is 2. The van der Waals surface area contributed by atoms with Gasteiger partial charge in [0, 0.05) is 48.9 Å². The largest absolute Gasteiger partial charge is 0.336 e. The molecule has 1 N–H and O–H groups in total. The lowest BCUT2D eigenvalue weighted by Gasteiger charge is -2.32. The number of nitrogens with one attached hydrogen (secondary N) is 1. The van der Waals surface area contributed by atoms with Crippen molar-refractivity contribution in [1.29, 1.82) is 0 Å². The maximum absolute atomic E-state index is 15.6. The molecule has 0 bridgehead atoms. The molecular formula is C27H27F2N7O. The van der Waals surface area contributed by atoms with Gasteiger partial charge in [-0.2, -0.15) is 5.10 Å². The Bertz CT molecular complexity index is 1580. The minimum atomic E-state index is -0.709. The van der Waals surface area contributed by atoms with E-state index in [9.17, 15) is 9.18 Å². The molecule has 2 aromatic heterocycles. The Morgan fingerprint density at radius 3 is 2.65 bits per heavy atom. The smallest absolute Gasteiger partial charge is 0.274 e. The standard InChI is InChI=1S/C27H27F2N7O/c1-15-19-12-24(21(29)13-23(19)33-34(15)5)36-16(2)25(27(37)35-10-6-7-18(14-35)30-3)32-26(36)17-8-9-22(31-4)20(28)11-17/h8-9,11-13,18,30H,6-7,10,14H2,1-3,5H3/t18-/m0/s1. The number of fused-ring (bicyclic) bond motifs is 1. The summed E-state index contributed by atoms with van der Waals surface area (Å²) in [6.07, 6.45) is 1.83. The molecule has 37 heavy (non-hydrogen) atoms. The van der Waals surface area contributed by atoms with Crippen molar-refractivity contribution in [2.24, 2.45) is 7.05 Å². The summed E-state index contributed by atoms with van der Waals surface area (Å²) in [5.74, 6) is -1.29. The average molecular weight is 504 g/mol. The van der Waals surface area contributed by atoms with Gasteiger partial charge in [-0.25, -0.2) is 18.6 Å². The number of carbonyl (C=O) groups excluding carboxylic acids is 1. The highest BCUT2D eigenvalue weighted by atomic mass is 19.1. The molecule has 0 saturated carbocycles. The Balaban J connectivity index is 1.72. The fourth-order valence-corrected chi connectivity index (χ4v) is 4.98. The van der Waals surface area contributed by atoms with Crippen LogP contribution in [0.4, 0.5) is 14.5 Å². The number of rotatable bonds is 4. The number of likely N-dealkylation sites (N-methyl/N-ethyl adjacent to an activating group) is 1. The molecule has 1 aliphatic heterocycles. The Labute approximate surface area is 213 Å². The highest BCUT2D eigenvalue weighted by Gasteiger charge is 2.30. The monoisotopic (exact) mass is 503 g/mol. The molecule has 1 atom stereocenters. The van der Waals surface area contributed by atoms with E-state index in [2.05, 4.69) is 20.2 Å². The first-order valence-electron chi connectivity index (χ1n) is 12.1. The van der Waals surface area contributed by atoms with Gasteiger partial charge in [0.15, 0.2) is 0 Å². The average Bonchev–Trinajstić information content (AvgIpc) is 3.38. The first kappa shape index (κ1) is 24.6. The van der Waals surface area contributed by atoms with Gasteiger partial charge in [-0.1, -0.05) is 12.1 Å². The first-order chi connectivity index (χ1) is 17.7. The maximum Gasteiger partial charge on any atom is 0.274 e. The molecule has 0 aliphatic carbocycles. The molecular weight excluding hydrogens is 476 g/mol. The van der Waals surface area contributed by atoms with E-state index >= 15 is 4.39 Å². The van der Waals surface area contributed by atoms with Crippen molar-refractivity contribution in [1.82, 2.24) is 29.5 Å². The van der Waals surface area contributed by atoms with Crippen LogP contribution in [0.2, 0.25) is 0 Å². The van der Waals surface area contributed by atoms with Crippen molar-refractivity contribution >= 4 is 22.5 Å². The Hall–Kier alpha value is -4.10. The molecule has 10 heteroatoms. The minimum absolute atomic E-state index is 0.125. The molecule has 0 unspecified atom stereocenters. The van der Waals surface area contributed by atoms with Crippen LogP contribution in [0.15, 0.2) is 30.3 Å². The third kappa shape index (κ3) is 4.15. The summed E-state index contributed by atoms with van der Waals surface area (Å²) in [6, 6.07) is 7.34. The van der Waals surface area contributed by atoms with E-state index in [4.69, 9.17) is 6.57 Å². The molecule has 1 aliphatic rings. The van der Waals surface area contributed by atoms with Crippen molar-refractivity contribution < 1.29 is 13.6 Å². The zero-order valence-electron chi connectivity index (χ0n) is 21.1. The van der Waals surface area contributed by atoms with Gasteiger partial charge in [-0.05, 0) is 45.9 Å². The summed E-state index contributed by atoms with van der Waals surface area (Å²) >= 11 is 0. The van der Waals surface area contributed by atoms with Crippen molar-refractivity contribution in [3.8, 4) is 17.1 Å². The number of benzene rings is 2. The van der Waals surface area contributed by atoms with Gasteiger partial charge in [0.05, 0.1) is 23.5 Å². The van der Waals surface area contributed by atoms with E-state index in [1.807, 2.05) is 14.0 Å². The molecule has 5 rings (SSSR count). The van der Waals surface area contributed by atoms with Gasteiger partial charge < -0.3 is 10.2 Å². The normalized spacial score (nSPS) is 15.8.